The fourth-order valence-corrected chi connectivity index (χ4v) is 6.31. The van der Waals surface area contributed by atoms with Crippen molar-refractivity contribution in [3.05, 3.63) is 78.4 Å². The van der Waals surface area contributed by atoms with Crippen molar-refractivity contribution in [1.29, 1.82) is 0 Å². The molecule has 0 aromatic heterocycles. The first-order chi connectivity index (χ1) is 13.9. The highest BCUT2D eigenvalue weighted by molar-refractivity contribution is 7.99. The van der Waals surface area contributed by atoms with E-state index in [1.54, 1.807) is 0 Å². The van der Waals surface area contributed by atoms with Crippen molar-refractivity contribution in [3.8, 4) is 0 Å². The molecule has 0 aliphatic carbocycles. The summed E-state index contributed by atoms with van der Waals surface area (Å²) in [6.45, 7) is 2.07. The Morgan fingerprint density at radius 3 is 2.21 bits per heavy atom. The number of thioether (sulfide) groups is 1. The summed E-state index contributed by atoms with van der Waals surface area (Å²) in [4.78, 5) is 6.65. The number of para-hydroxylation sites is 2. The highest BCUT2D eigenvalue weighted by Crippen LogP contribution is 2.47. The fourth-order valence-electron chi connectivity index (χ4n) is 4.09. The number of benzene rings is 3. The molecule has 1 unspecified atom stereocenters. The number of nitrogens with zero attached hydrogens (tertiary/aromatic N) is 1. The third kappa shape index (κ3) is 3.57. The van der Waals surface area contributed by atoms with Gasteiger partial charge in [0.1, 0.15) is 0 Å². The molecule has 1 N–H and O–H groups in total. The van der Waals surface area contributed by atoms with Gasteiger partial charge in [0.05, 0.1) is 11.4 Å². The molecule has 4 heteroatoms. The van der Waals surface area contributed by atoms with Crippen LogP contribution >= 0.6 is 23.5 Å². The molecule has 3 aromatic carbocycles. The van der Waals surface area contributed by atoms with E-state index in [1.165, 1.54) is 43.8 Å². The van der Waals surface area contributed by atoms with Crippen molar-refractivity contribution in [2.24, 2.45) is 0 Å². The van der Waals surface area contributed by atoms with E-state index >= 15 is 0 Å². The van der Waals surface area contributed by atoms with E-state index < -0.39 is 0 Å². The van der Waals surface area contributed by atoms with Crippen LogP contribution in [-0.4, -0.2) is 18.8 Å². The molecule has 28 heavy (non-hydrogen) atoms. The van der Waals surface area contributed by atoms with Crippen molar-refractivity contribution < 1.29 is 0 Å². The van der Waals surface area contributed by atoms with Crippen LogP contribution in [0.3, 0.4) is 0 Å². The summed E-state index contributed by atoms with van der Waals surface area (Å²) >= 11 is 3.87. The molecule has 0 amide bonds. The van der Waals surface area contributed by atoms with Gasteiger partial charge in [0.15, 0.2) is 0 Å². The summed E-state index contributed by atoms with van der Waals surface area (Å²) in [6.07, 6.45) is 2.34. The molecule has 2 nitrogen and oxygen atoms in total. The average molecular weight is 405 g/mol. The van der Waals surface area contributed by atoms with Gasteiger partial charge in [-0.3, -0.25) is 0 Å². The SMILES string of the molecule is c1ccc2c(c1)SCCC2NCCCN1c2ccccc2Sc2ccccc21. The third-order valence-electron chi connectivity index (χ3n) is 5.44. The highest BCUT2D eigenvalue weighted by atomic mass is 32.2. The summed E-state index contributed by atoms with van der Waals surface area (Å²) in [6, 6.07) is 26.9. The van der Waals surface area contributed by atoms with E-state index in [4.69, 9.17) is 0 Å². The summed E-state index contributed by atoms with van der Waals surface area (Å²) in [5.41, 5.74) is 4.15. The Bertz CT molecular complexity index is 927. The predicted molar refractivity (Wildman–Crippen MR) is 121 cm³/mol. The molecule has 0 saturated heterocycles. The lowest BCUT2D eigenvalue weighted by Crippen LogP contribution is -2.29. The Hall–Kier alpha value is -1.88. The van der Waals surface area contributed by atoms with Crippen LogP contribution < -0.4 is 10.2 Å². The first-order valence-electron chi connectivity index (χ1n) is 9.99. The average Bonchev–Trinajstić information content (AvgIpc) is 2.76. The lowest BCUT2D eigenvalue weighted by Gasteiger charge is -2.33. The molecule has 2 heterocycles. The van der Waals surface area contributed by atoms with Crippen molar-refractivity contribution in [2.75, 3.05) is 23.7 Å². The number of hydrogen-bond donors (Lipinski definition) is 1. The number of fused-ring (bicyclic) bond motifs is 3. The predicted octanol–water partition coefficient (Wildman–Crippen LogP) is 6.51. The Labute approximate surface area is 175 Å². The zero-order valence-electron chi connectivity index (χ0n) is 15.8. The van der Waals surface area contributed by atoms with Crippen LogP contribution in [0.1, 0.15) is 24.4 Å². The Morgan fingerprint density at radius 2 is 1.46 bits per heavy atom. The van der Waals surface area contributed by atoms with Gasteiger partial charge in [-0.1, -0.05) is 54.2 Å². The van der Waals surface area contributed by atoms with E-state index in [2.05, 4.69) is 83.0 Å². The highest BCUT2D eigenvalue weighted by Gasteiger charge is 2.23. The molecule has 0 spiro atoms. The maximum Gasteiger partial charge on any atom is 0.0552 e. The molecule has 0 fully saturated rings. The van der Waals surface area contributed by atoms with Gasteiger partial charge in [0.2, 0.25) is 0 Å². The van der Waals surface area contributed by atoms with Crippen LogP contribution in [0.25, 0.3) is 0 Å². The summed E-state index contributed by atoms with van der Waals surface area (Å²) in [5, 5.41) is 3.82. The van der Waals surface area contributed by atoms with Crippen LogP contribution in [0.2, 0.25) is 0 Å². The maximum absolute atomic E-state index is 3.82. The summed E-state index contributed by atoms with van der Waals surface area (Å²) < 4.78 is 0. The van der Waals surface area contributed by atoms with Crippen LogP contribution in [0.15, 0.2) is 87.5 Å². The van der Waals surface area contributed by atoms with Crippen molar-refractivity contribution in [1.82, 2.24) is 5.32 Å². The smallest absolute Gasteiger partial charge is 0.0552 e. The first-order valence-corrected chi connectivity index (χ1v) is 11.8. The van der Waals surface area contributed by atoms with E-state index in [9.17, 15) is 0 Å². The number of hydrogen-bond acceptors (Lipinski definition) is 4. The molecule has 0 saturated carbocycles. The normalized spacial score (nSPS) is 17.6. The number of anilines is 2. The molecule has 2 aliphatic rings. The lowest BCUT2D eigenvalue weighted by molar-refractivity contribution is 0.503. The van der Waals surface area contributed by atoms with Gasteiger partial charge in [0.25, 0.3) is 0 Å². The molecule has 2 aliphatic heterocycles. The largest absolute Gasteiger partial charge is 0.340 e. The lowest BCUT2D eigenvalue weighted by atomic mass is 10.0. The standard InChI is InChI=1S/C24H24N2S2/c1-4-11-22-18(8-1)19(14-17-27-22)25-15-7-16-26-20-9-2-5-12-23(20)28-24-13-6-3-10-21(24)26/h1-6,8-13,19,25H,7,14-17H2. The molecule has 3 aromatic rings. The number of nitrogens with one attached hydrogen (secondary N) is 1. The molecule has 0 radical (unpaired) electrons. The van der Waals surface area contributed by atoms with E-state index in [-0.39, 0.29) is 0 Å². The van der Waals surface area contributed by atoms with Gasteiger partial charge >= 0.3 is 0 Å². The van der Waals surface area contributed by atoms with Crippen LogP contribution in [0.4, 0.5) is 11.4 Å². The van der Waals surface area contributed by atoms with E-state index in [0.717, 1.165) is 19.5 Å². The molecule has 142 valence electrons. The second-order valence-corrected chi connectivity index (χ2v) is 9.44. The zero-order valence-corrected chi connectivity index (χ0v) is 17.4. The Morgan fingerprint density at radius 1 is 0.821 bits per heavy atom. The second-order valence-electron chi connectivity index (χ2n) is 7.22. The molecule has 0 bridgehead atoms. The molecule has 5 rings (SSSR count). The maximum atomic E-state index is 3.82. The zero-order chi connectivity index (χ0) is 18.8. The van der Waals surface area contributed by atoms with Gasteiger partial charge in [0, 0.05) is 27.3 Å². The summed E-state index contributed by atoms with van der Waals surface area (Å²) in [7, 11) is 0. The van der Waals surface area contributed by atoms with Crippen LogP contribution in [0.5, 0.6) is 0 Å². The Balaban J connectivity index is 1.27. The van der Waals surface area contributed by atoms with Crippen LogP contribution in [-0.2, 0) is 0 Å². The quantitative estimate of drug-likeness (QED) is 0.488. The van der Waals surface area contributed by atoms with Crippen molar-refractivity contribution in [3.63, 3.8) is 0 Å². The van der Waals surface area contributed by atoms with Crippen LogP contribution in [0, 0.1) is 0 Å². The minimum atomic E-state index is 0.494. The number of rotatable bonds is 5. The van der Waals surface area contributed by atoms with Gasteiger partial charge < -0.3 is 10.2 Å². The molecular formula is C24H24N2S2. The Kier molecular flexibility index (Phi) is 5.34. The monoisotopic (exact) mass is 404 g/mol. The third-order valence-corrected chi connectivity index (χ3v) is 7.69. The van der Waals surface area contributed by atoms with Crippen molar-refractivity contribution in [2.45, 2.75) is 33.6 Å². The first kappa shape index (κ1) is 18.2. The minimum Gasteiger partial charge on any atom is -0.340 e. The van der Waals surface area contributed by atoms with E-state index in [1.807, 2.05) is 23.5 Å². The topological polar surface area (TPSA) is 15.3 Å². The van der Waals surface area contributed by atoms with E-state index in [0.29, 0.717) is 6.04 Å². The summed E-state index contributed by atoms with van der Waals surface area (Å²) in [5.74, 6) is 1.21. The minimum absolute atomic E-state index is 0.494. The molecular weight excluding hydrogens is 380 g/mol. The fraction of sp³-hybridized carbons (Fsp3) is 0.250. The van der Waals surface area contributed by atoms with Gasteiger partial charge in [-0.05, 0) is 61.0 Å². The van der Waals surface area contributed by atoms with Crippen molar-refractivity contribution >= 4 is 34.9 Å². The van der Waals surface area contributed by atoms with Gasteiger partial charge in [-0.2, -0.15) is 0 Å². The molecule has 1 atom stereocenters. The van der Waals surface area contributed by atoms with Gasteiger partial charge in [-0.15, -0.1) is 11.8 Å². The van der Waals surface area contributed by atoms with Gasteiger partial charge in [-0.25, -0.2) is 0 Å². The second kappa shape index (κ2) is 8.24.